The highest BCUT2D eigenvalue weighted by atomic mass is 32.2. The standard InChI is InChI=1S/C17H25F3N2O2S/c18-17(19,20)14-5-1-4-13(7-14)10-25(24)11-16(23)22-15-6-2-3-12(8-15)9-21/h12-15H,1-8,10-11H2,(H,22,23)/t12?,13?,14?,15?,25-/m0/s1. The van der Waals surface area contributed by atoms with E-state index < -0.39 is 22.9 Å². The predicted octanol–water partition coefficient (Wildman–Crippen LogP) is 3.30. The van der Waals surface area contributed by atoms with Crippen LogP contribution >= 0.6 is 0 Å². The van der Waals surface area contributed by atoms with Gasteiger partial charge in [0.1, 0.15) is 5.75 Å². The zero-order valence-electron chi connectivity index (χ0n) is 14.2. The Hall–Kier alpha value is -1.10. The summed E-state index contributed by atoms with van der Waals surface area (Å²) in [6.07, 6.45) is 0.275. The number of alkyl halides is 3. The fourth-order valence-electron chi connectivity index (χ4n) is 3.92. The summed E-state index contributed by atoms with van der Waals surface area (Å²) in [5.74, 6) is -1.92. The largest absolute Gasteiger partial charge is 0.391 e. The summed E-state index contributed by atoms with van der Waals surface area (Å²) in [5, 5.41) is 11.8. The molecule has 2 aliphatic rings. The SMILES string of the molecule is N#CC1CCCC(NC(=O)C[S@@](=O)CC2CCCC(C(F)(F)F)C2)C1. The minimum atomic E-state index is -4.18. The highest BCUT2D eigenvalue weighted by Crippen LogP contribution is 2.40. The van der Waals surface area contributed by atoms with Crippen LogP contribution in [0.1, 0.15) is 51.4 Å². The van der Waals surface area contributed by atoms with E-state index in [0.29, 0.717) is 19.3 Å². The molecule has 8 heteroatoms. The minimum absolute atomic E-state index is 0.0172. The Morgan fingerprint density at radius 1 is 1.16 bits per heavy atom. The Labute approximate surface area is 149 Å². The third-order valence-corrected chi connectivity index (χ3v) is 6.61. The Balaban J connectivity index is 1.74. The molecule has 142 valence electrons. The number of hydrogen-bond donors (Lipinski definition) is 1. The number of nitrogens with one attached hydrogen (secondary N) is 1. The molecule has 0 heterocycles. The Morgan fingerprint density at radius 2 is 1.88 bits per heavy atom. The first-order valence-electron chi connectivity index (χ1n) is 8.88. The van der Waals surface area contributed by atoms with Gasteiger partial charge in [-0.2, -0.15) is 18.4 Å². The van der Waals surface area contributed by atoms with Crippen LogP contribution in [0.15, 0.2) is 0 Å². The van der Waals surface area contributed by atoms with Crippen LogP contribution in [0.25, 0.3) is 0 Å². The molecule has 25 heavy (non-hydrogen) atoms. The summed E-state index contributed by atoms with van der Waals surface area (Å²) in [4.78, 5) is 12.0. The van der Waals surface area contributed by atoms with Crippen LogP contribution in [0.4, 0.5) is 13.2 Å². The molecular formula is C17H25F3N2O2S. The Kier molecular flexibility index (Phi) is 7.29. The van der Waals surface area contributed by atoms with Gasteiger partial charge in [0.25, 0.3) is 0 Å². The number of rotatable bonds is 5. The number of carbonyl (C=O) groups excluding carboxylic acids is 1. The molecule has 0 aromatic rings. The molecule has 0 bridgehead atoms. The van der Waals surface area contributed by atoms with E-state index in [1.165, 1.54) is 0 Å². The first-order chi connectivity index (χ1) is 11.8. The van der Waals surface area contributed by atoms with Gasteiger partial charge in [0, 0.05) is 28.5 Å². The molecule has 2 saturated carbocycles. The average molecular weight is 378 g/mol. The lowest BCUT2D eigenvalue weighted by molar-refractivity contribution is -0.185. The van der Waals surface area contributed by atoms with E-state index in [0.717, 1.165) is 19.3 Å². The first kappa shape index (κ1) is 20.2. The molecule has 1 amide bonds. The summed E-state index contributed by atoms with van der Waals surface area (Å²) in [7, 11) is -1.45. The Morgan fingerprint density at radius 3 is 2.56 bits per heavy atom. The van der Waals surface area contributed by atoms with Gasteiger partial charge >= 0.3 is 6.18 Å². The van der Waals surface area contributed by atoms with Gasteiger partial charge < -0.3 is 5.32 Å². The van der Waals surface area contributed by atoms with Crippen molar-refractivity contribution >= 4 is 16.7 Å². The molecule has 5 atom stereocenters. The molecule has 0 aromatic carbocycles. The van der Waals surface area contributed by atoms with Gasteiger partial charge in [-0.25, -0.2) is 0 Å². The summed E-state index contributed by atoms with van der Waals surface area (Å²) in [6.45, 7) is 0. The molecular weight excluding hydrogens is 353 g/mol. The van der Waals surface area contributed by atoms with E-state index in [9.17, 15) is 22.2 Å². The normalized spacial score (nSPS) is 31.8. The van der Waals surface area contributed by atoms with Crippen molar-refractivity contribution in [3.63, 3.8) is 0 Å². The maximum atomic E-state index is 12.8. The van der Waals surface area contributed by atoms with Crippen LogP contribution in [-0.4, -0.2) is 33.8 Å². The molecule has 2 fully saturated rings. The van der Waals surface area contributed by atoms with Crippen molar-refractivity contribution < 1.29 is 22.2 Å². The second-order valence-corrected chi connectivity index (χ2v) is 8.78. The number of carbonyl (C=O) groups is 1. The summed E-state index contributed by atoms with van der Waals surface area (Å²) < 4.78 is 50.6. The van der Waals surface area contributed by atoms with Crippen molar-refractivity contribution in [2.45, 2.75) is 63.6 Å². The maximum Gasteiger partial charge on any atom is 0.391 e. The van der Waals surface area contributed by atoms with E-state index in [1.54, 1.807) is 0 Å². The van der Waals surface area contributed by atoms with Gasteiger partial charge in [0.05, 0.1) is 12.0 Å². The van der Waals surface area contributed by atoms with Crippen LogP contribution in [0.5, 0.6) is 0 Å². The number of nitrogens with zero attached hydrogens (tertiary/aromatic N) is 1. The molecule has 0 radical (unpaired) electrons. The van der Waals surface area contributed by atoms with Crippen molar-refractivity contribution in [2.24, 2.45) is 17.8 Å². The zero-order valence-corrected chi connectivity index (χ0v) is 15.0. The first-order valence-corrected chi connectivity index (χ1v) is 10.4. The molecule has 0 aliphatic heterocycles. The lowest BCUT2D eigenvalue weighted by Crippen LogP contribution is -2.41. The smallest absolute Gasteiger partial charge is 0.353 e. The van der Waals surface area contributed by atoms with Crippen LogP contribution < -0.4 is 5.32 Å². The van der Waals surface area contributed by atoms with Gasteiger partial charge in [-0.15, -0.1) is 0 Å². The van der Waals surface area contributed by atoms with Crippen molar-refractivity contribution in [1.29, 1.82) is 5.26 Å². The quantitative estimate of drug-likeness (QED) is 0.798. The molecule has 4 nitrogen and oxygen atoms in total. The maximum absolute atomic E-state index is 12.8. The summed E-state index contributed by atoms with van der Waals surface area (Å²) in [6, 6.07) is 2.15. The fraction of sp³-hybridized carbons (Fsp3) is 0.882. The number of nitriles is 1. The van der Waals surface area contributed by atoms with Gasteiger partial charge in [0.15, 0.2) is 0 Å². The van der Waals surface area contributed by atoms with Crippen molar-refractivity contribution in [2.75, 3.05) is 11.5 Å². The summed E-state index contributed by atoms with van der Waals surface area (Å²) in [5.41, 5.74) is 0. The van der Waals surface area contributed by atoms with E-state index in [4.69, 9.17) is 5.26 Å². The number of hydrogen-bond acceptors (Lipinski definition) is 3. The lowest BCUT2D eigenvalue weighted by Gasteiger charge is -2.30. The van der Waals surface area contributed by atoms with Crippen LogP contribution in [0.3, 0.4) is 0 Å². The third-order valence-electron chi connectivity index (χ3n) is 5.18. The minimum Gasteiger partial charge on any atom is -0.353 e. The molecule has 4 unspecified atom stereocenters. The van der Waals surface area contributed by atoms with Gasteiger partial charge in [-0.3, -0.25) is 9.00 Å². The Bertz CT molecular complexity index is 533. The van der Waals surface area contributed by atoms with E-state index in [2.05, 4.69) is 11.4 Å². The predicted molar refractivity (Wildman–Crippen MR) is 88.9 cm³/mol. The monoisotopic (exact) mass is 378 g/mol. The number of halogens is 3. The number of amides is 1. The van der Waals surface area contributed by atoms with Gasteiger partial charge in [-0.05, 0) is 44.4 Å². The van der Waals surface area contributed by atoms with Crippen LogP contribution in [-0.2, 0) is 15.6 Å². The van der Waals surface area contributed by atoms with E-state index >= 15 is 0 Å². The molecule has 1 N–H and O–H groups in total. The lowest BCUT2D eigenvalue weighted by atomic mass is 9.82. The second kappa shape index (κ2) is 9.02. The third kappa shape index (κ3) is 6.61. The van der Waals surface area contributed by atoms with Crippen LogP contribution in [0, 0.1) is 29.1 Å². The molecule has 0 aromatic heterocycles. The summed E-state index contributed by atoms with van der Waals surface area (Å²) >= 11 is 0. The molecule has 2 rings (SSSR count). The van der Waals surface area contributed by atoms with Crippen molar-refractivity contribution in [3.05, 3.63) is 0 Å². The molecule has 0 saturated heterocycles. The van der Waals surface area contributed by atoms with Gasteiger partial charge in [0.2, 0.25) is 5.91 Å². The zero-order chi connectivity index (χ0) is 18.4. The van der Waals surface area contributed by atoms with E-state index in [-0.39, 0.29) is 48.1 Å². The molecule has 0 spiro atoms. The average Bonchev–Trinajstić information content (AvgIpc) is 2.54. The van der Waals surface area contributed by atoms with Gasteiger partial charge in [-0.1, -0.05) is 12.8 Å². The highest BCUT2D eigenvalue weighted by Gasteiger charge is 2.42. The van der Waals surface area contributed by atoms with Crippen molar-refractivity contribution in [3.8, 4) is 6.07 Å². The molecule has 2 aliphatic carbocycles. The second-order valence-electron chi connectivity index (χ2n) is 7.28. The van der Waals surface area contributed by atoms with E-state index in [1.807, 2.05) is 0 Å². The highest BCUT2D eigenvalue weighted by molar-refractivity contribution is 7.85. The fourth-order valence-corrected chi connectivity index (χ4v) is 5.24. The topological polar surface area (TPSA) is 70.0 Å². The van der Waals surface area contributed by atoms with Crippen molar-refractivity contribution in [1.82, 2.24) is 5.32 Å². The van der Waals surface area contributed by atoms with Crippen LogP contribution in [0.2, 0.25) is 0 Å².